The van der Waals surface area contributed by atoms with Gasteiger partial charge in [-0.15, -0.1) is 0 Å². The zero-order chi connectivity index (χ0) is 14.7. The maximum absolute atomic E-state index is 9.62. The smallest absolute Gasteiger partial charge is 0.131 e. The summed E-state index contributed by atoms with van der Waals surface area (Å²) in [6.07, 6.45) is 7.01. The Morgan fingerprint density at radius 3 is 2.65 bits per heavy atom. The van der Waals surface area contributed by atoms with Crippen LogP contribution in [-0.4, -0.2) is 28.2 Å². The third kappa shape index (κ3) is 3.11. The molecule has 0 bridgehead atoms. The van der Waals surface area contributed by atoms with Crippen LogP contribution in [0, 0.1) is 5.92 Å². The molecule has 112 valence electrons. The van der Waals surface area contributed by atoms with E-state index in [9.17, 15) is 5.11 Å². The maximum Gasteiger partial charge on any atom is 0.131 e. The summed E-state index contributed by atoms with van der Waals surface area (Å²) in [4.78, 5) is 11.3. The average molecular weight is 277 g/mol. The summed E-state index contributed by atoms with van der Waals surface area (Å²) in [6.45, 7) is 6.44. The van der Waals surface area contributed by atoms with E-state index in [2.05, 4.69) is 42.7 Å². The van der Waals surface area contributed by atoms with Crippen molar-refractivity contribution in [1.82, 2.24) is 9.97 Å². The van der Waals surface area contributed by atoms with E-state index in [-0.39, 0.29) is 12.5 Å². The van der Waals surface area contributed by atoms with Gasteiger partial charge < -0.3 is 10.0 Å². The molecule has 2 atom stereocenters. The number of hydrogen-bond donors (Lipinski definition) is 1. The van der Waals surface area contributed by atoms with Crippen LogP contribution in [0.25, 0.3) is 0 Å². The number of hydrogen-bond acceptors (Lipinski definition) is 4. The zero-order valence-corrected chi connectivity index (χ0v) is 13.1. The van der Waals surface area contributed by atoms with Crippen molar-refractivity contribution in [1.29, 1.82) is 0 Å². The molecule has 1 aromatic heterocycles. The molecule has 1 heterocycles. The highest BCUT2D eigenvalue weighted by molar-refractivity contribution is 5.49. The first kappa shape index (κ1) is 15.2. The highest BCUT2D eigenvalue weighted by Gasteiger charge is 2.27. The Morgan fingerprint density at radius 2 is 2.05 bits per heavy atom. The Labute approximate surface area is 122 Å². The van der Waals surface area contributed by atoms with E-state index in [0.29, 0.717) is 12.0 Å². The largest absolute Gasteiger partial charge is 0.390 e. The third-order valence-corrected chi connectivity index (χ3v) is 4.47. The van der Waals surface area contributed by atoms with Gasteiger partial charge in [-0.2, -0.15) is 0 Å². The van der Waals surface area contributed by atoms with Crippen molar-refractivity contribution >= 4 is 5.69 Å². The summed E-state index contributed by atoms with van der Waals surface area (Å²) in [5.74, 6) is 1.78. The Balaban J connectivity index is 2.26. The van der Waals surface area contributed by atoms with Crippen LogP contribution in [0.5, 0.6) is 0 Å². The van der Waals surface area contributed by atoms with E-state index >= 15 is 0 Å². The molecule has 2 rings (SSSR count). The second-order valence-corrected chi connectivity index (χ2v) is 6.31. The predicted octanol–water partition coefficient (Wildman–Crippen LogP) is 3.11. The quantitative estimate of drug-likeness (QED) is 0.918. The fourth-order valence-corrected chi connectivity index (χ4v) is 3.17. The Morgan fingerprint density at radius 1 is 1.35 bits per heavy atom. The van der Waals surface area contributed by atoms with Gasteiger partial charge in [0, 0.05) is 19.0 Å². The molecule has 1 aliphatic rings. The second-order valence-electron chi connectivity index (χ2n) is 6.31. The van der Waals surface area contributed by atoms with Crippen molar-refractivity contribution in [3.05, 3.63) is 17.7 Å². The van der Waals surface area contributed by atoms with Gasteiger partial charge in [-0.3, -0.25) is 0 Å². The zero-order valence-electron chi connectivity index (χ0n) is 13.1. The van der Waals surface area contributed by atoms with E-state index in [1.807, 2.05) is 6.20 Å². The van der Waals surface area contributed by atoms with Gasteiger partial charge in [0.25, 0.3) is 0 Å². The lowest BCUT2D eigenvalue weighted by Gasteiger charge is -2.38. The van der Waals surface area contributed by atoms with Gasteiger partial charge >= 0.3 is 0 Å². The van der Waals surface area contributed by atoms with Crippen LogP contribution in [0.4, 0.5) is 5.69 Å². The molecule has 0 aliphatic heterocycles. The number of rotatable bonds is 4. The molecule has 0 aromatic carbocycles. The van der Waals surface area contributed by atoms with Crippen molar-refractivity contribution in [3.8, 4) is 0 Å². The van der Waals surface area contributed by atoms with Crippen molar-refractivity contribution in [2.75, 3.05) is 11.9 Å². The highest BCUT2D eigenvalue weighted by Crippen LogP contribution is 2.31. The van der Waals surface area contributed by atoms with Crippen LogP contribution >= 0.6 is 0 Å². The highest BCUT2D eigenvalue weighted by atomic mass is 16.3. The second kappa shape index (κ2) is 6.53. The van der Waals surface area contributed by atoms with E-state index in [1.165, 1.54) is 25.7 Å². The number of aliphatic hydroxyl groups is 1. The number of anilines is 1. The van der Waals surface area contributed by atoms with Crippen molar-refractivity contribution in [2.24, 2.45) is 5.92 Å². The SMILES string of the molecule is CC(C)c1ncc(N(C)C2CCCCC2C)c(CO)n1. The summed E-state index contributed by atoms with van der Waals surface area (Å²) < 4.78 is 0. The van der Waals surface area contributed by atoms with Crippen molar-refractivity contribution in [2.45, 2.75) is 65.0 Å². The predicted molar refractivity (Wildman–Crippen MR) is 81.9 cm³/mol. The van der Waals surface area contributed by atoms with Crippen LogP contribution in [0.3, 0.4) is 0 Å². The van der Waals surface area contributed by atoms with Crippen LogP contribution in [0.2, 0.25) is 0 Å². The summed E-state index contributed by atoms with van der Waals surface area (Å²) in [6, 6.07) is 0.530. The van der Waals surface area contributed by atoms with Gasteiger partial charge in [0.2, 0.25) is 0 Å². The molecular formula is C16H27N3O. The van der Waals surface area contributed by atoms with Gasteiger partial charge in [0.1, 0.15) is 5.82 Å². The lowest BCUT2D eigenvalue weighted by molar-refractivity contribution is 0.274. The summed E-state index contributed by atoms with van der Waals surface area (Å²) in [7, 11) is 2.11. The van der Waals surface area contributed by atoms with Gasteiger partial charge in [0.15, 0.2) is 0 Å². The maximum atomic E-state index is 9.62. The number of aliphatic hydroxyl groups excluding tert-OH is 1. The molecule has 2 unspecified atom stereocenters. The van der Waals surface area contributed by atoms with E-state index in [0.717, 1.165) is 17.2 Å². The van der Waals surface area contributed by atoms with Crippen LogP contribution < -0.4 is 4.90 Å². The number of aromatic nitrogens is 2. The molecule has 1 aliphatic carbocycles. The lowest BCUT2D eigenvalue weighted by Crippen LogP contribution is -2.39. The molecule has 4 nitrogen and oxygen atoms in total. The molecule has 0 saturated heterocycles. The van der Waals surface area contributed by atoms with E-state index in [1.54, 1.807) is 0 Å². The van der Waals surface area contributed by atoms with Crippen LogP contribution in [0.15, 0.2) is 6.20 Å². The first-order valence-electron chi connectivity index (χ1n) is 7.74. The van der Waals surface area contributed by atoms with Crippen LogP contribution in [0.1, 0.15) is 63.9 Å². The third-order valence-electron chi connectivity index (χ3n) is 4.47. The first-order valence-corrected chi connectivity index (χ1v) is 7.74. The molecule has 0 radical (unpaired) electrons. The molecule has 4 heteroatoms. The van der Waals surface area contributed by atoms with Gasteiger partial charge in [-0.05, 0) is 18.8 Å². The minimum absolute atomic E-state index is 0.0248. The Bertz CT molecular complexity index is 447. The summed E-state index contributed by atoms with van der Waals surface area (Å²) in [5.41, 5.74) is 1.74. The van der Waals surface area contributed by atoms with E-state index in [4.69, 9.17) is 0 Å². The van der Waals surface area contributed by atoms with Crippen molar-refractivity contribution in [3.63, 3.8) is 0 Å². The van der Waals surface area contributed by atoms with Gasteiger partial charge in [-0.1, -0.05) is 33.6 Å². The minimum Gasteiger partial charge on any atom is -0.390 e. The Kier molecular flexibility index (Phi) is 4.97. The monoisotopic (exact) mass is 277 g/mol. The topological polar surface area (TPSA) is 49.2 Å². The average Bonchev–Trinajstić information content (AvgIpc) is 2.46. The molecule has 1 N–H and O–H groups in total. The molecule has 1 aromatic rings. The fourth-order valence-electron chi connectivity index (χ4n) is 3.17. The molecular weight excluding hydrogens is 250 g/mol. The molecule has 0 amide bonds. The van der Waals surface area contributed by atoms with Crippen LogP contribution in [-0.2, 0) is 6.61 Å². The first-order chi connectivity index (χ1) is 9.54. The summed E-state index contributed by atoms with van der Waals surface area (Å²) >= 11 is 0. The summed E-state index contributed by atoms with van der Waals surface area (Å²) in [5, 5.41) is 9.62. The van der Waals surface area contributed by atoms with Gasteiger partial charge in [-0.25, -0.2) is 9.97 Å². The van der Waals surface area contributed by atoms with E-state index < -0.39 is 0 Å². The Hall–Kier alpha value is -1.16. The van der Waals surface area contributed by atoms with Gasteiger partial charge in [0.05, 0.1) is 24.2 Å². The normalized spacial score (nSPS) is 23.1. The molecule has 1 fully saturated rings. The lowest BCUT2D eigenvalue weighted by atomic mass is 9.85. The van der Waals surface area contributed by atoms with Crippen molar-refractivity contribution < 1.29 is 5.11 Å². The molecule has 0 spiro atoms. The molecule has 20 heavy (non-hydrogen) atoms. The number of nitrogens with zero attached hydrogens (tertiary/aromatic N) is 3. The minimum atomic E-state index is -0.0248. The standard InChI is InChI=1S/C16H27N3O/c1-11(2)16-17-9-15(13(10-20)18-16)19(4)14-8-6-5-7-12(14)3/h9,11-12,14,20H,5-8,10H2,1-4H3. The molecule has 1 saturated carbocycles. The fraction of sp³-hybridized carbons (Fsp3) is 0.750.